The molecule has 208 valence electrons. The number of fused-ring (bicyclic) bond motifs is 1. The van der Waals surface area contributed by atoms with E-state index in [4.69, 9.17) is 9.26 Å². The van der Waals surface area contributed by atoms with Crippen LogP contribution in [0.5, 0.6) is 0 Å². The summed E-state index contributed by atoms with van der Waals surface area (Å²) in [6.07, 6.45) is 9.79. The minimum atomic E-state index is -3.41. The number of hydrogen-bond donors (Lipinski definition) is 1. The molecule has 0 amide bonds. The molecule has 2 aliphatic carbocycles. The number of nitriles is 1. The second-order valence-corrected chi connectivity index (χ2v) is 12.6. The highest BCUT2D eigenvalue weighted by molar-refractivity contribution is 7.89. The highest BCUT2D eigenvalue weighted by Gasteiger charge is 2.29. The summed E-state index contributed by atoms with van der Waals surface area (Å²) >= 11 is 0. The van der Waals surface area contributed by atoms with Crippen molar-refractivity contribution in [1.29, 1.82) is 5.26 Å². The lowest BCUT2D eigenvalue weighted by Crippen LogP contribution is -2.36. The first-order chi connectivity index (χ1) is 18.9. The Hall–Kier alpha value is -3.00. The number of allylic oxidation sites excluding steroid dienone is 4. The Balaban J connectivity index is 1.34. The Kier molecular flexibility index (Phi) is 8.50. The Labute approximate surface area is 231 Å². The van der Waals surface area contributed by atoms with Crippen LogP contribution in [0.4, 0.5) is 0 Å². The van der Waals surface area contributed by atoms with E-state index in [0.717, 1.165) is 73.9 Å². The third-order valence-electron chi connectivity index (χ3n) is 7.93. The number of nitrogens with zero attached hydrogens (tertiary/aromatic N) is 4. The smallest absolute Gasteiger partial charge is 0.254 e. The van der Waals surface area contributed by atoms with E-state index in [0.29, 0.717) is 30.4 Å². The van der Waals surface area contributed by atoms with Gasteiger partial charge in [0.2, 0.25) is 15.8 Å². The molecule has 1 aliphatic heterocycles. The topological polar surface area (TPSA) is 121 Å². The molecule has 1 aromatic heterocycles. The van der Waals surface area contributed by atoms with E-state index in [9.17, 15) is 13.7 Å². The lowest BCUT2D eigenvalue weighted by atomic mass is 9.85. The quantitative estimate of drug-likeness (QED) is 0.449. The zero-order chi connectivity index (χ0) is 27.4. The van der Waals surface area contributed by atoms with Crippen molar-refractivity contribution in [3.8, 4) is 17.5 Å². The van der Waals surface area contributed by atoms with Gasteiger partial charge in [0.25, 0.3) is 5.89 Å². The predicted molar refractivity (Wildman–Crippen MR) is 149 cm³/mol. The van der Waals surface area contributed by atoms with Crippen LogP contribution >= 0.6 is 0 Å². The Morgan fingerprint density at radius 1 is 1.26 bits per heavy atom. The largest absolute Gasteiger partial charge is 0.494 e. The second kappa shape index (κ2) is 12.0. The molecule has 5 rings (SSSR count). The van der Waals surface area contributed by atoms with Crippen LogP contribution in [-0.4, -0.2) is 54.9 Å². The maximum atomic E-state index is 12.9. The fraction of sp³-hybridized carbons (Fsp3) is 0.552. The van der Waals surface area contributed by atoms with Crippen LogP contribution in [0.1, 0.15) is 75.4 Å². The standard InChI is InChI=1S/C29H37N5O4S/c1-3-20(2)37-27-13-12-21(18-22(27)19-30)29-31-28(32-38-29)25-10-6-9-24-23(25)8-7-11-26(24)33-39(35,36)17-16-34-14-4-5-15-34/h6,9-10,12-13,20,22,26,33H,3-5,7-8,11,14-18H2,1-2H3. The summed E-state index contributed by atoms with van der Waals surface area (Å²) in [5.41, 5.74) is 3.68. The number of aromatic nitrogens is 2. The highest BCUT2D eigenvalue weighted by Crippen LogP contribution is 2.37. The van der Waals surface area contributed by atoms with Gasteiger partial charge in [-0.3, -0.25) is 0 Å². The van der Waals surface area contributed by atoms with E-state index in [2.05, 4.69) is 25.8 Å². The third kappa shape index (κ3) is 6.43. The van der Waals surface area contributed by atoms with Gasteiger partial charge in [0, 0.05) is 30.1 Å². The molecule has 1 aromatic carbocycles. The minimum Gasteiger partial charge on any atom is -0.494 e. The lowest BCUT2D eigenvalue weighted by Gasteiger charge is -2.28. The number of sulfonamides is 1. The van der Waals surface area contributed by atoms with Crippen LogP contribution in [0.15, 0.2) is 40.6 Å². The average molecular weight is 552 g/mol. The van der Waals surface area contributed by atoms with E-state index < -0.39 is 15.9 Å². The third-order valence-corrected chi connectivity index (χ3v) is 9.29. The van der Waals surface area contributed by atoms with Crippen molar-refractivity contribution in [1.82, 2.24) is 19.8 Å². The summed E-state index contributed by atoms with van der Waals surface area (Å²) in [7, 11) is -3.41. The Morgan fingerprint density at radius 3 is 2.85 bits per heavy atom. The van der Waals surface area contributed by atoms with Crippen molar-refractivity contribution in [3.63, 3.8) is 0 Å². The first-order valence-corrected chi connectivity index (χ1v) is 15.7. The first kappa shape index (κ1) is 27.6. The zero-order valence-electron chi connectivity index (χ0n) is 22.7. The molecular weight excluding hydrogens is 514 g/mol. The molecule has 0 saturated carbocycles. The maximum absolute atomic E-state index is 12.9. The van der Waals surface area contributed by atoms with Gasteiger partial charge in [-0.2, -0.15) is 10.2 Å². The summed E-state index contributed by atoms with van der Waals surface area (Å²) in [5, 5.41) is 14.0. The van der Waals surface area contributed by atoms with Crippen LogP contribution in [0.25, 0.3) is 17.0 Å². The molecule has 3 unspecified atom stereocenters. The van der Waals surface area contributed by atoms with Crippen molar-refractivity contribution in [2.24, 2.45) is 5.92 Å². The Morgan fingerprint density at radius 2 is 2.08 bits per heavy atom. The van der Waals surface area contributed by atoms with Crippen molar-refractivity contribution in [2.45, 2.75) is 70.9 Å². The first-order valence-electron chi connectivity index (χ1n) is 14.0. The van der Waals surface area contributed by atoms with Gasteiger partial charge in [-0.1, -0.05) is 36.4 Å². The number of rotatable bonds is 10. The van der Waals surface area contributed by atoms with Crippen molar-refractivity contribution in [3.05, 3.63) is 53.1 Å². The van der Waals surface area contributed by atoms with Gasteiger partial charge >= 0.3 is 0 Å². The number of hydrogen-bond acceptors (Lipinski definition) is 8. The van der Waals surface area contributed by atoms with Crippen molar-refractivity contribution >= 4 is 15.6 Å². The lowest BCUT2D eigenvalue weighted by molar-refractivity contribution is 0.111. The van der Waals surface area contributed by atoms with Gasteiger partial charge in [0.1, 0.15) is 11.7 Å². The van der Waals surface area contributed by atoms with E-state index >= 15 is 0 Å². The van der Waals surface area contributed by atoms with E-state index in [1.807, 2.05) is 44.2 Å². The molecule has 39 heavy (non-hydrogen) atoms. The molecule has 3 aliphatic rings. The van der Waals surface area contributed by atoms with Crippen molar-refractivity contribution in [2.75, 3.05) is 25.4 Å². The second-order valence-electron chi connectivity index (χ2n) is 10.7. The molecule has 1 saturated heterocycles. The molecule has 2 heterocycles. The van der Waals surface area contributed by atoms with Crippen molar-refractivity contribution < 1.29 is 17.7 Å². The highest BCUT2D eigenvalue weighted by atomic mass is 32.2. The molecule has 1 fully saturated rings. The van der Waals surface area contributed by atoms with Gasteiger partial charge < -0.3 is 14.2 Å². The number of likely N-dealkylation sites (tertiary alicyclic amines) is 1. The average Bonchev–Trinajstić information content (AvgIpc) is 3.65. The number of nitrogens with one attached hydrogen (secondary N) is 1. The van der Waals surface area contributed by atoms with Crippen LogP contribution in [0, 0.1) is 17.2 Å². The maximum Gasteiger partial charge on any atom is 0.254 e. The fourth-order valence-electron chi connectivity index (χ4n) is 5.57. The van der Waals surface area contributed by atoms with E-state index in [1.165, 1.54) is 0 Å². The van der Waals surface area contributed by atoms with Crippen LogP contribution in [-0.2, 0) is 21.2 Å². The number of ether oxygens (including phenoxy) is 1. The van der Waals surface area contributed by atoms with Gasteiger partial charge in [0.05, 0.1) is 17.9 Å². The number of benzene rings is 1. The van der Waals surface area contributed by atoms with Crippen LogP contribution in [0.3, 0.4) is 0 Å². The summed E-state index contributed by atoms with van der Waals surface area (Å²) in [6, 6.07) is 7.94. The summed E-state index contributed by atoms with van der Waals surface area (Å²) < 4.78 is 40.4. The molecule has 10 heteroatoms. The normalized spacial score (nSPS) is 22.5. The van der Waals surface area contributed by atoms with E-state index in [1.54, 1.807) is 0 Å². The molecule has 2 aromatic rings. The Bertz CT molecular complexity index is 1380. The molecule has 0 spiro atoms. The molecule has 9 nitrogen and oxygen atoms in total. The van der Waals surface area contributed by atoms with Crippen LogP contribution < -0.4 is 4.72 Å². The molecular formula is C29H37N5O4S. The predicted octanol–water partition coefficient (Wildman–Crippen LogP) is 4.76. The summed E-state index contributed by atoms with van der Waals surface area (Å²) in [4.78, 5) is 6.90. The minimum absolute atomic E-state index is 0.0414. The van der Waals surface area contributed by atoms with Gasteiger partial charge in [-0.05, 0) is 75.7 Å². The SMILES string of the molecule is CCC(C)OC1=CC=C(c2nc(-c3cccc4c3CCCC4NS(=O)(=O)CCN3CCCC3)no2)CC1C#N. The summed E-state index contributed by atoms with van der Waals surface area (Å²) in [6.45, 7) is 6.57. The van der Waals surface area contributed by atoms with Gasteiger partial charge in [-0.25, -0.2) is 13.1 Å². The van der Waals surface area contributed by atoms with Crippen LogP contribution in [0.2, 0.25) is 0 Å². The zero-order valence-corrected chi connectivity index (χ0v) is 23.5. The molecule has 0 radical (unpaired) electrons. The molecule has 0 bridgehead atoms. The fourth-order valence-corrected chi connectivity index (χ4v) is 6.86. The van der Waals surface area contributed by atoms with Gasteiger partial charge in [0.15, 0.2) is 0 Å². The molecule has 3 atom stereocenters. The monoisotopic (exact) mass is 551 g/mol. The summed E-state index contributed by atoms with van der Waals surface area (Å²) in [5.74, 6) is 1.24. The molecule has 1 N–H and O–H groups in total. The van der Waals surface area contributed by atoms with Gasteiger partial charge in [-0.15, -0.1) is 0 Å². The van der Waals surface area contributed by atoms with E-state index in [-0.39, 0.29) is 17.9 Å².